The van der Waals surface area contributed by atoms with Crippen molar-refractivity contribution in [3.8, 4) is 0 Å². The normalized spacial score (nSPS) is 15.8. The molecule has 1 aromatic rings. The molecular weight excluding hydrogens is 370 g/mol. The van der Waals surface area contributed by atoms with E-state index >= 15 is 0 Å². The van der Waals surface area contributed by atoms with Crippen LogP contribution >= 0.6 is 31.9 Å². The van der Waals surface area contributed by atoms with E-state index in [9.17, 15) is 9.59 Å². The van der Waals surface area contributed by atoms with Gasteiger partial charge in [0.2, 0.25) is 5.91 Å². The van der Waals surface area contributed by atoms with Gasteiger partial charge in [0.1, 0.15) is 11.0 Å². The van der Waals surface area contributed by atoms with E-state index in [4.69, 9.17) is 4.74 Å². The van der Waals surface area contributed by atoms with E-state index in [0.29, 0.717) is 35.2 Å². The van der Waals surface area contributed by atoms with Crippen molar-refractivity contribution in [2.24, 2.45) is 0 Å². The van der Waals surface area contributed by atoms with E-state index < -0.39 is 0 Å². The highest BCUT2D eigenvalue weighted by Gasteiger charge is 2.18. The summed E-state index contributed by atoms with van der Waals surface area (Å²) in [6, 6.07) is 0. The molecule has 0 saturated carbocycles. The first-order valence-electron chi connectivity index (χ1n) is 5.36. The third kappa shape index (κ3) is 2.99. The van der Waals surface area contributed by atoms with Crippen LogP contribution in [-0.2, 0) is 16.1 Å². The summed E-state index contributed by atoms with van der Waals surface area (Å²) in [4.78, 5) is 25.5. The summed E-state index contributed by atoms with van der Waals surface area (Å²) in [6.45, 7) is 2.15. The lowest BCUT2D eigenvalue weighted by atomic mass is 10.4. The van der Waals surface area contributed by atoms with Crippen molar-refractivity contribution in [2.45, 2.75) is 6.54 Å². The molecule has 0 bridgehead atoms. The molecule has 0 atom stereocenters. The van der Waals surface area contributed by atoms with Gasteiger partial charge in [-0.15, -0.1) is 0 Å². The van der Waals surface area contributed by atoms with E-state index in [1.165, 1.54) is 6.20 Å². The molecule has 0 radical (unpaired) electrons. The molecule has 8 heteroatoms. The zero-order valence-electron chi connectivity index (χ0n) is 9.44. The monoisotopic (exact) mass is 379 g/mol. The average Bonchev–Trinajstić information content (AvgIpc) is 2.40. The molecule has 98 valence electrons. The Balaban J connectivity index is 2.12. The van der Waals surface area contributed by atoms with Crippen molar-refractivity contribution in [3.63, 3.8) is 0 Å². The Morgan fingerprint density at radius 3 is 2.72 bits per heavy atom. The molecule has 1 aliphatic heterocycles. The number of rotatable bonds is 2. The second kappa shape index (κ2) is 5.94. The van der Waals surface area contributed by atoms with Crippen molar-refractivity contribution in [3.05, 3.63) is 25.5 Å². The molecule has 1 saturated heterocycles. The van der Waals surface area contributed by atoms with Gasteiger partial charge in [-0.3, -0.25) is 9.59 Å². The fourth-order valence-electron chi connectivity index (χ4n) is 1.60. The van der Waals surface area contributed by atoms with Crippen LogP contribution < -0.4 is 5.56 Å². The van der Waals surface area contributed by atoms with Crippen LogP contribution in [0.25, 0.3) is 0 Å². The quantitative estimate of drug-likeness (QED) is 0.754. The van der Waals surface area contributed by atoms with E-state index in [2.05, 4.69) is 37.0 Å². The van der Waals surface area contributed by atoms with Crippen LogP contribution in [0.2, 0.25) is 0 Å². The Morgan fingerprint density at radius 1 is 1.39 bits per heavy atom. The maximum absolute atomic E-state index is 12.0. The summed E-state index contributed by atoms with van der Waals surface area (Å²) in [7, 11) is 0. The Kier molecular flexibility index (Phi) is 4.52. The number of morpholine rings is 1. The maximum atomic E-state index is 12.0. The predicted molar refractivity (Wildman–Crippen MR) is 71.3 cm³/mol. The molecule has 1 aromatic heterocycles. The van der Waals surface area contributed by atoms with Crippen molar-refractivity contribution in [2.75, 3.05) is 26.3 Å². The Bertz CT molecular complexity index is 512. The van der Waals surface area contributed by atoms with Gasteiger partial charge in [-0.05, 0) is 31.9 Å². The lowest BCUT2D eigenvalue weighted by Gasteiger charge is -2.26. The maximum Gasteiger partial charge on any atom is 0.282 e. The molecule has 0 N–H and O–H groups in total. The molecule has 1 aliphatic rings. The van der Waals surface area contributed by atoms with Gasteiger partial charge in [0, 0.05) is 13.1 Å². The van der Waals surface area contributed by atoms with Crippen LogP contribution in [0.1, 0.15) is 0 Å². The van der Waals surface area contributed by atoms with Gasteiger partial charge in [-0.2, -0.15) is 5.10 Å². The molecule has 2 rings (SSSR count). The number of nitrogens with zero attached hydrogens (tertiary/aromatic N) is 3. The Hall–Kier alpha value is -0.730. The van der Waals surface area contributed by atoms with Gasteiger partial charge in [0.15, 0.2) is 0 Å². The topological polar surface area (TPSA) is 64.4 Å². The minimum atomic E-state index is -0.328. The highest BCUT2D eigenvalue weighted by molar-refractivity contribution is 9.13. The van der Waals surface area contributed by atoms with E-state index in [1.807, 2.05) is 0 Å². The van der Waals surface area contributed by atoms with Crippen LogP contribution in [-0.4, -0.2) is 46.9 Å². The summed E-state index contributed by atoms with van der Waals surface area (Å²) in [5.74, 6) is -0.123. The minimum Gasteiger partial charge on any atom is -0.378 e. The van der Waals surface area contributed by atoms with Crippen molar-refractivity contribution in [1.29, 1.82) is 0 Å². The van der Waals surface area contributed by atoms with E-state index in [-0.39, 0.29) is 18.0 Å². The SMILES string of the molecule is O=C(Cn1ncc(Br)c(Br)c1=O)N1CCOCC1. The van der Waals surface area contributed by atoms with E-state index in [1.54, 1.807) is 4.90 Å². The summed E-state index contributed by atoms with van der Waals surface area (Å²) >= 11 is 6.34. The highest BCUT2D eigenvalue weighted by atomic mass is 79.9. The smallest absolute Gasteiger partial charge is 0.282 e. The van der Waals surface area contributed by atoms with Crippen LogP contribution in [0.15, 0.2) is 19.9 Å². The third-order valence-corrected chi connectivity index (χ3v) is 4.49. The molecule has 2 heterocycles. The first-order chi connectivity index (χ1) is 8.59. The van der Waals surface area contributed by atoms with Gasteiger partial charge in [0.05, 0.1) is 23.9 Å². The number of carbonyl (C=O) groups excluding carboxylic acids is 1. The molecular formula is C10H11Br2N3O3. The highest BCUT2D eigenvalue weighted by Crippen LogP contribution is 2.16. The lowest BCUT2D eigenvalue weighted by molar-refractivity contribution is -0.136. The number of halogens is 2. The van der Waals surface area contributed by atoms with Crippen LogP contribution in [0.5, 0.6) is 0 Å². The molecule has 0 aliphatic carbocycles. The van der Waals surface area contributed by atoms with Gasteiger partial charge < -0.3 is 9.64 Å². The zero-order valence-corrected chi connectivity index (χ0v) is 12.6. The summed E-state index contributed by atoms with van der Waals surface area (Å²) in [6.07, 6.45) is 1.48. The standard InChI is InChI=1S/C10H11Br2N3O3/c11-7-5-13-15(10(17)9(7)12)6-8(16)14-1-3-18-4-2-14/h5H,1-4,6H2. The minimum absolute atomic E-state index is 0.0509. The first-order valence-corrected chi connectivity index (χ1v) is 6.95. The van der Waals surface area contributed by atoms with Gasteiger partial charge >= 0.3 is 0 Å². The molecule has 0 unspecified atom stereocenters. The first kappa shape index (κ1) is 13.7. The third-order valence-electron chi connectivity index (χ3n) is 2.59. The lowest BCUT2D eigenvalue weighted by Crippen LogP contribution is -2.43. The molecule has 6 nitrogen and oxygen atoms in total. The number of aromatic nitrogens is 2. The predicted octanol–water partition coefficient (Wildman–Crippen LogP) is 0.627. The zero-order chi connectivity index (χ0) is 13.1. The second-order valence-electron chi connectivity index (χ2n) is 3.76. The largest absolute Gasteiger partial charge is 0.378 e. The number of ether oxygens (including phenoxy) is 1. The number of hydrogen-bond donors (Lipinski definition) is 0. The number of amides is 1. The fraction of sp³-hybridized carbons (Fsp3) is 0.500. The molecule has 0 spiro atoms. The van der Waals surface area contributed by atoms with Crippen molar-refractivity contribution in [1.82, 2.24) is 14.7 Å². The summed E-state index contributed by atoms with van der Waals surface area (Å²) in [5.41, 5.74) is -0.328. The van der Waals surface area contributed by atoms with Crippen LogP contribution in [0.3, 0.4) is 0 Å². The fourth-order valence-corrected chi connectivity index (χ4v) is 2.17. The average molecular weight is 381 g/mol. The van der Waals surface area contributed by atoms with E-state index in [0.717, 1.165) is 4.68 Å². The van der Waals surface area contributed by atoms with Crippen LogP contribution in [0, 0.1) is 0 Å². The van der Waals surface area contributed by atoms with Crippen molar-refractivity contribution < 1.29 is 9.53 Å². The van der Waals surface area contributed by atoms with Crippen molar-refractivity contribution >= 4 is 37.8 Å². The number of carbonyl (C=O) groups is 1. The Morgan fingerprint density at radius 2 is 2.06 bits per heavy atom. The van der Waals surface area contributed by atoms with Crippen LogP contribution in [0.4, 0.5) is 0 Å². The molecule has 18 heavy (non-hydrogen) atoms. The van der Waals surface area contributed by atoms with Gasteiger partial charge in [0.25, 0.3) is 5.56 Å². The summed E-state index contributed by atoms with van der Waals surface area (Å²) in [5, 5.41) is 3.92. The molecule has 1 fully saturated rings. The molecule has 0 aromatic carbocycles. The second-order valence-corrected chi connectivity index (χ2v) is 5.41. The van der Waals surface area contributed by atoms with Gasteiger partial charge in [-0.1, -0.05) is 0 Å². The Labute approximate surface area is 120 Å². The van der Waals surface area contributed by atoms with Gasteiger partial charge in [-0.25, -0.2) is 4.68 Å². The molecule has 1 amide bonds. The summed E-state index contributed by atoms with van der Waals surface area (Å²) < 4.78 is 7.25. The number of hydrogen-bond acceptors (Lipinski definition) is 4.